The van der Waals surface area contributed by atoms with E-state index < -0.39 is 323 Å². The van der Waals surface area contributed by atoms with E-state index in [-0.39, 0.29) is 13.2 Å². The molecule has 0 aromatic rings. The number of nitrogens with zero attached hydrogens (tertiary/aromatic N) is 3. The van der Waals surface area contributed by atoms with Crippen LogP contribution in [0.2, 0.25) is 0 Å². The van der Waals surface area contributed by atoms with E-state index in [9.17, 15) is 132 Å². The van der Waals surface area contributed by atoms with Crippen molar-refractivity contribution in [2.75, 3.05) is 72.6 Å². The number of azide groups is 1. The van der Waals surface area contributed by atoms with Gasteiger partial charge in [-0.3, -0.25) is 4.79 Å². The molecule has 0 amide bonds. The van der Waals surface area contributed by atoms with Gasteiger partial charge in [-0.15, -0.1) is 0 Å². The molecule has 106 heavy (non-hydrogen) atoms. The lowest BCUT2D eigenvalue weighted by Gasteiger charge is -2.49. The molecule has 8 saturated heterocycles. The summed E-state index contributed by atoms with van der Waals surface area (Å²) in [6, 6.07) is 0. The van der Waals surface area contributed by atoms with Crippen molar-refractivity contribution >= 4 is 5.78 Å². The summed E-state index contributed by atoms with van der Waals surface area (Å²) in [6.07, 6.45) is -82.8. The molecule has 41 unspecified atom stereocenters. The average Bonchev–Trinajstić information content (AvgIpc) is 0.765. The fourth-order valence-electron chi connectivity index (χ4n) is 12.6. The smallest absolute Gasteiger partial charge is 0.221 e. The first-order chi connectivity index (χ1) is 50.5. The molecule has 48 heteroatoms. The van der Waals surface area contributed by atoms with Gasteiger partial charge >= 0.3 is 0 Å². The highest BCUT2D eigenvalue weighted by Gasteiger charge is 2.59. The Labute approximate surface area is 600 Å². The van der Waals surface area contributed by atoms with Gasteiger partial charge in [0.05, 0.1) is 72.2 Å². The van der Waals surface area contributed by atoms with Crippen LogP contribution in [0, 0.1) is 0 Å². The van der Waals surface area contributed by atoms with E-state index >= 15 is 0 Å². The number of aliphatic hydroxyl groups excluding tert-OH is 25. The topological polar surface area (TPSA) is 747 Å². The molecule has 41 atom stereocenters. The number of ether oxygens (including phenoxy) is 16. The fourth-order valence-corrected chi connectivity index (χ4v) is 12.6. The van der Waals surface area contributed by atoms with E-state index in [0.29, 0.717) is 19.3 Å². The van der Waals surface area contributed by atoms with Crippen molar-refractivity contribution < 1.29 is 223 Å². The van der Waals surface area contributed by atoms with Crippen molar-refractivity contribution in [2.45, 2.75) is 284 Å². The average molecular weight is 1560 g/mol. The quantitative estimate of drug-likeness (QED) is 0.00692. The van der Waals surface area contributed by atoms with Crippen molar-refractivity contribution in [3.63, 3.8) is 0 Å². The summed E-state index contributed by atoms with van der Waals surface area (Å²) in [6.45, 7) is -7.53. The predicted molar refractivity (Wildman–Crippen MR) is 323 cm³/mol. The molecule has 8 fully saturated rings. The van der Waals surface area contributed by atoms with Gasteiger partial charge in [-0.1, -0.05) is 16.6 Å². The Morgan fingerprint density at radius 2 is 0.858 bits per heavy atom. The van der Waals surface area contributed by atoms with Crippen molar-refractivity contribution in [3.8, 4) is 0 Å². The van der Waals surface area contributed by atoms with Gasteiger partial charge in [-0.25, -0.2) is 9.78 Å². The zero-order chi connectivity index (χ0) is 77.7. The molecule has 0 radical (unpaired) electrons. The summed E-state index contributed by atoms with van der Waals surface area (Å²) in [4.78, 5) is 26.4. The van der Waals surface area contributed by atoms with Gasteiger partial charge in [0.15, 0.2) is 44.0 Å². The van der Waals surface area contributed by atoms with E-state index in [4.69, 9.17) is 96.1 Å². The third kappa shape index (κ3) is 21.0. The molecular weight excluding hydrogens is 1460 g/mol. The van der Waals surface area contributed by atoms with Crippen molar-refractivity contribution in [2.24, 2.45) is 5.11 Å². The van der Waals surface area contributed by atoms with Crippen LogP contribution in [-0.4, -0.2) is 458 Å². The summed E-state index contributed by atoms with van der Waals surface area (Å²) in [5.41, 5.74) is 8.61. The number of hydrogen-bond donors (Lipinski definition) is 25. The molecule has 0 aliphatic carbocycles. The highest BCUT2D eigenvalue weighted by Crippen LogP contribution is 2.38. The van der Waals surface area contributed by atoms with Crippen LogP contribution in [-0.2, 0) is 95.4 Å². The highest BCUT2D eigenvalue weighted by atomic mass is 17.5. The molecule has 0 aromatic heterocycles. The van der Waals surface area contributed by atoms with Gasteiger partial charge in [-0.05, 0) is 31.7 Å². The number of Topliss-reactive ketones (excluding diaryl/α,β-unsaturated/α-hetero) is 1. The Morgan fingerprint density at radius 3 is 1.35 bits per heavy atom. The summed E-state index contributed by atoms with van der Waals surface area (Å²) in [7, 11) is 0. The second kappa shape index (κ2) is 41.3. The monoisotopic (exact) mass is 1560 g/mol. The Bertz CT molecular complexity index is 2640. The van der Waals surface area contributed by atoms with Gasteiger partial charge in [0.25, 0.3) is 0 Å². The van der Waals surface area contributed by atoms with Crippen LogP contribution in [0.25, 0.3) is 10.4 Å². The number of hydrogen-bond acceptors (Lipinski definition) is 46. The molecule has 616 valence electrons. The van der Waals surface area contributed by atoms with E-state index in [2.05, 4.69) is 10.0 Å². The van der Waals surface area contributed by atoms with Gasteiger partial charge < -0.3 is 203 Å². The standard InChI is InChI=1S/C58H99N3O45/c1-17(105-106-91-7-4-2-3-6-60-61-59)45(99-56-50(40(83)33(76)23(12-65)95-56)104-58-49(39(82)32(75)25(14-67)97-58)103-54-43(86)36(79)29(72)21(10-63)93-54)18(68)5-8-88-52-44(87)46(100-57-48(38(81)31(74)24(13-66)96-57)101-51-41(84)27(70)19(69)15-89-51)34(77)26(98-52)16-90-55-47(37(80)30(73)22(11-64)94-55)102-53-42(85)35(78)28(71)20(9-62)92-53/h17-40,42-58,62-83,85-87H,2-16H2,1H3. The zero-order valence-electron chi connectivity index (χ0n) is 56.5. The lowest BCUT2D eigenvalue weighted by molar-refractivity contribution is -0.532. The zero-order valence-corrected chi connectivity index (χ0v) is 56.5. The van der Waals surface area contributed by atoms with Gasteiger partial charge in [0, 0.05) is 11.5 Å². The van der Waals surface area contributed by atoms with Crippen LogP contribution in [0.15, 0.2) is 5.11 Å². The van der Waals surface area contributed by atoms with Crippen LogP contribution >= 0.6 is 0 Å². The van der Waals surface area contributed by atoms with Gasteiger partial charge in [-0.2, -0.15) is 0 Å². The minimum absolute atomic E-state index is 0.152. The maximum atomic E-state index is 13.1. The van der Waals surface area contributed by atoms with Crippen molar-refractivity contribution in [1.82, 2.24) is 0 Å². The SMILES string of the molecule is CC(OOOCCCCCN=[N+]=[N-])C(OC1OC(CO)C(O)C(O)C1OC1OC(CO)C(O)C(O)C1OC1OC(CO)C(O)C(O)C1O)C(O)CCOC1OC(COC2OC(CO)C(O)C(O)C2OC2OC(CO)C(O)C(O)C2O)C(O)C(OC2OC(CO)C(O)C(O)C2OC2OCC(O)C(O)C2=O)C1O. The number of ketones is 1. The highest BCUT2D eigenvalue weighted by molar-refractivity contribution is 5.87. The molecule has 8 aliphatic rings. The first-order valence-corrected chi connectivity index (χ1v) is 33.9. The summed E-state index contributed by atoms with van der Waals surface area (Å²) >= 11 is 0. The Morgan fingerprint density at radius 1 is 0.443 bits per heavy atom. The molecule has 0 spiro atoms. The first kappa shape index (κ1) is 88.8. The Kier molecular flexibility index (Phi) is 34.6. The molecule has 0 bridgehead atoms. The first-order valence-electron chi connectivity index (χ1n) is 33.9. The maximum absolute atomic E-state index is 13.1. The molecular formula is C58H99N3O45. The molecule has 8 rings (SSSR count). The van der Waals surface area contributed by atoms with Crippen LogP contribution in [0.3, 0.4) is 0 Å². The van der Waals surface area contributed by atoms with Crippen LogP contribution < -0.4 is 0 Å². The van der Waals surface area contributed by atoms with Crippen molar-refractivity contribution in [1.29, 1.82) is 0 Å². The number of rotatable bonds is 36. The molecule has 0 saturated carbocycles. The molecule has 25 N–H and O–H groups in total. The number of carbonyl (C=O) groups excluding carboxylic acids is 1. The van der Waals surface area contributed by atoms with E-state index in [1.807, 2.05) is 0 Å². The van der Waals surface area contributed by atoms with Gasteiger partial charge in [0.2, 0.25) is 12.1 Å². The predicted octanol–water partition coefficient (Wildman–Crippen LogP) is -15.7. The number of carbonyl (C=O) groups is 1. The Hall–Kier alpha value is -2.78. The third-order valence-corrected chi connectivity index (χ3v) is 18.9. The van der Waals surface area contributed by atoms with Gasteiger partial charge in [0.1, 0.15) is 195 Å². The van der Waals surface area contributed by atoms with Crippen LogP contribution in [0.5, 0.6) is 0 Å². The Balaban J connectivity index is 1.08. The third-order valence-electron chi connectivity index (χ3n) is 18.9. The molecule has 48 nitrogen and oxygen atoms in total. The lowest BCUT2D eigenvalue weighted by Crippen LogP contribution is -2.67. The summed E-state index contributed by atoms with van der Waals surface area (Å²) in [5.74, 6) is -1.31. The van der Waals surface area contributed by atoms with Crippen molar-refractivity contribution in [3.05, 3.63) is 10.4 Å². The lowest BCUT2D eigenvalue weighted by atomic mass is 9.96. The second-order valence-corrected chi connectivity index (χ2v) is 26.2. The van der Waals surface area contributed by atoms with E-state index in [1.54, 1.807) is 0 Å². The minimum Gasteiger partial charge on any atom is -0.394 e. The molecule has 0 aromatic carbocycles. The maximum Gasteiger partial charge on any atom is 0.221 e. The second-order valence-electron chi connectivity index (χ2n) is 26.2. The minimum atomic E-state index is -2.34. The largest absolute Gasteiger partial charge is 0.394 e. The van der Waals surface area contributed by atoms with E-state index in [1.165, 1.54) is 6.92 Å². The molecule has 8 aliphatic heterocycles. The number of unbranched alkanes of at least 4 members (excludes halogenated alkanes) is 2. The van der Waals surface area contributed by atoms with Crippen LogP contribution in [0.1, 0.15) is 32.6 Å². The normalized spacial score (nSPS) is 46.3. The summed E-state index contributed by atoms with van der Waals surface area (Å²) in [5, 5.41) is 280. The molecule has 8 heterocycles. The van der Waals surface area contributed by atoms with Crippen LogP contribution in [0.4, 0.5) is 0 Å². The number of aliphatic hydroxyl groups is 25. The summed E-state index contributed by atoms with van der Waals surface area (Å²) < 4.78 is 92.7. The van der Waals surface area contributed by atoms with E-state index in [0.717, 1.165) is 0 Å². The fraction of sp³-hybridized carbons (Fsp3) is 0.983.